The summed E-state index contributed by atoms with van der Waals surface area (Å²) in [7, 11) is 0. The Labute approximate surface area is 110 Å². The predicted octanol–water partition coefficient (Wildman–Crippen LogP) is 2.00. The maximum atomic E-state index is 13.2. The molecule has 2 N–H and O–H groups in total. The normalized spacial score (nSPS) is 12.6. The summed E-state index contributed by atoms with van der Waals surface area (Å²) in [6.45, 7) is 1.78. The summed E-state index contributed by atoms with van der Waals surface area (Å²) in [6.07, 6.45) is 2.22. The van der Waals surface area contributed by atoms with Crippen LogP contribution in [0.1, 0.15) is 18.9 Å². The predicted molar refractivity (Wildman–Crippen MR) is 69.2 cm³/mol. The standard InChI is InChI=1S/C14H16FNO3/c1-2-11(7-17)16-14(18)5-9-8-19-13-4-3-10(15)6-12(9)13/h3-4,6,8,11,17H,2,5,7H2,1H3,(H,16,18). The first-order valence-electron chi connectivity index (χ1n) is 6.20. The van der Waals surface area contributed by atoms with Crippen LogP contribution < -0.4 is 5.32 Å². The Bertz CT molecular complexity index is 575. The van der Waals surface area contributed by atoms with Crippen molar-refractivity contribution in [3.05, 3.63) is 35.8 Å². The molecule has 0 radical (unpaired) electrons. The molecule has 0 fully saturated rings. The van der Waals surface area contributed by atoms with E-state index in [1.807, 2.05) is 6.92 Å². The van der Waals surface area contributed by atoms with E-state index in [-0.39, 0.29) is 30.8 Å². The van der Waals surface area contributed by atoms with Gasteiger partial charge in [0.15, 0.2) is 0 Å². The highest BCUT2D eigenvalue weighted by Crippen LogP contribution is 2.22. The van der Waals surface area contributed by atoms with Gasteiger partial charge < -0.3 is 14.8 Å². The average molecular weight is 265 g/mol. The SMILES string of the molecule is CCC(CO)NC(=O)Cc1coc2ccc(F)cc12. The molecule has 0 aliphatic heterocycles. The quantitative estimate of drug-likeness (QED) is 0.869. The molecule has 1 unspecified atom stereocenters. The van der Waals surface area contributed by atoms with Gasteiger partial charge in [-0.1, -0.05) is 6.92 Å². The molecule has 102 valence electrons. The van der Waals surface area contributed by atoms with Crippen LogP contribution in [0, 0.1) is 5.82 Å². The van der Waals surface area contributed by atoms with Gasteiger partial charge in [0.2, 0.25) is 5.91 Å². The largest absolute Gasteiger partial charge is 0.464 e. The van der Waals surface area contributed by atoms with E-state index in [1.165, 1.54) is 24.5 Å². The summed E-state index contributed by atoms with van der Waals surface area (Å²) < 4.78 is 18.4. The molecule has 0 spiro atoms. The fourth-order valence-corrected chi connectivity index (χ4v) is 1.92. The van der Waals surface area contributed by atoms with Gasteiger partial charge in [-0.15, -0.1) is 0 Å². The Hall–Kier alpha value is -1.88. The van der Waals surface area contributed by atoms with E-state index in [0.717, 1.165) is 0 Å². The smallest absolute Gasteiger partial charge is 0.224 e. The summed E-state index contributed by atoms with van der Waals surface area (Å²) in [5.74, 6) is -0.579. The number of benzene rings is 1. The van der Waals surface area contributed by atoms with Gasteiger partial charge in [0, 0.05) is 10.9 Å². The van der Waals surface area contributed by atoms with E-state index >= 15 is 0 Å². The zero-order valence-corrected chi connectivity index (χ0v) is 10.6. The molecule has 0 aliphatic carbocycles. The Morgan fingerprint density at radius 1 is 1.53 bits per heavy atom. The summed E-state index contributed by atoms with van der Waals surface area (Å²) in [4.78, 5) is 11.8. The van der Waals surface area contributed by atoms with Crippen LogP contribution in [0.4, 0.5) is 4.39 Å². The van der Waals surface area contributed by atoms with Crippen LogP contribution in [0.5, 0.6) is 0 Å². The first-order chi connectivity index (χ1) is 9.13. The third-order valence-electron chi connectivity index (χ3n) is 3.05. The van der Waals surface area contributed by atoms with Crippen molar-refractivity contribution in [2.24, 2.45) is 0 Å². The Morgan fingerprint density at radius 2 is 2.32 bits per heavy atom. The van der Waals surface area contributed by atoms with Crippen molar-refractivity contribution < 1.29 is 18.7 Å². The zero-order chi connectivity index (χ0) is 13.8. The van der Waals surface area contributed by atoms with Crippen molar-refractivity contribution in [3.63, 3.8) is 0 Å². The van der Waals surface area contributed by atoms with Gasteiger partial charge in [0.25, 0.3) is 0 Å². The number of halogens is 1. The third-order valence-corrected chi connectivity index (χ3v) is 3.05. The fourth-order valence-electron chi connectivity index (χ4n) is 1.92. The lowest BCUT2D eigenvalue weighted by atomic mass is 10.1. The summed E-state index contributed by atoms with van der Waals surface area (Å²) >= 11 is 0. The van der Waals surface area contributed by atoms with Gasteiger partial charge in [-0.25, -0.2) is 4.39 Å². The molecule has 0 bridgehead atoms. The van der Waals surface area contributed by atoms with E-state index in [2.05, 4.69) is 5.32 Å². The topological polar surface area (TPSA) is 62.5 Å². The maximum absolute atomic E-state index is 13.2. The number of nitrogens with one attached hydrogen (secondary N) is 1. The lowest BCUT2D eigenvalue weighted by molar-refractivity contribution is -0.121. The minimum Gasteiger partial charge on any atom is -0.464 e. The monoisotopic (exact) mass is 265 g/mol. The molecule has 4 nitrogen and oxygen atoms in total. The van der Waals surface area contributed by atoms with Gasteiger partial charge >= 0.3 is 0 Å². The van der Waals surface area contributed by atoms with Crippen molar-refractivity contribution in [1.29, 1.82) is 0 Å². The van der Waals surface area contributed by atoms with E-state index in [0.29, 0.717) is 23.0 Å². The average Bonchev–Trinajstić information content (AvgIpc) is 2.78. The fraction of sp³-hybridized carbons (Fsp3) is 0.357. The van der Waals surface area contributed by atoms with Crippen LogP contribution in [0.2, 0.25) is 0 Å². The number of amides is 1. The highest BCUT2D eigenvalue weighted by molar-refractivity contribution is 5.87. The summed E-state index contributed by atoms with van der Waals surface area (Å²) in [5.41, 5.74) is 1.19. The number of carbonyl (C=O) groups is 1. The van der Waals surface area contributed by atoms with Crippen LogP contribution >= 0.6 is 0 Å². The minimum absolute atomic E-state index is 0.0942. The first-order valence-corrected chi connectivity index (χ1v) is 6.20. The number of carbonyl (C=O) groups excluding carboxylic acids is 1. The molecule has 5 heteroatoms. The molecule has 2 aromatic rings. The lowest BCUT2D eigenvalue weighted by Crippen LogP contribution is -2.37. The van der Waals surface area contributed by atoms with Crippen molar-refractivity contribution in [1.82, 2.24) is 5.32 Å². The first kappa shape index (κ1) is 13.5. The molecule has 0 aliphatic rings. The van der Waals surface area contributed by atoms with Gasteiger partial charge in [0.05, 0.1) is 25.3 Å². The van der Waals surface area contributed by atoms with Gasteiger partial charge in [-0.2, -0.15) is 0 Å². The van der Waals surface area contributed by atoms with E-state index in [4.69, 9.17) is 9.52 Å². The number of aliphatic hydroxyl groups is 1. The van der Waals surface area contributed by atoms with Crippen molar-refractivity contribution >= 4 is 16.9 Å². The number of fused-ring (bicyclic) bond motifs is 1. The second-order valence-corrected chi connectivity index (χ2v) is 4.43. The number of hydrogen-bond acceptors (Lipinski definition) is 3. The Morgan fingerprint density at radius 3 is 3.00 bits per heavy atom. The van der Waals surface area contributed by atoms with Crippen molar-refractivity contribution in [2.75, 3.05) is 6.61 Å². The molecule has 19 heavy (non-hydrogen) atoms. The van der Waals surface area contributed by atoms with Crippen molar-refractivity contribution in [3.8, 4) is 0 Å². The molecule has 1 heterocycles. The third kappa shape index (κ3) is 3.12. The summed E-state index contributed by atoms with van der Waals surface area (Å²) in [6, 6.07) is 3.95. The molecule has 0 saturated carbocycles. The molecular formula is C14H16FNO3. The maximum Gasteiger partial charge on any atom is 0.224 e. The lowest BCUT2D eigenvalue weighted by Gasteiger charge is -2.13. The van der Waals surface area contributed by atoms with Gasteiger partial charge in [-0.05, 0) is 24.6 Å². The number of rotatable bonds is 5. The highest BCUT2D eigenvalue weighted by atomic mass is 19.1. The van der Waals surface area contributed by atoms with Crippen LogP contribution in [-0.2, 0) is 11.2 Å². The zero-order valence-electron chi connectivity index (χ0n) is 10.6. The summed E-state index contributed by atoms with van der Waals surface area (Å²) in [5, 5.41) is 12.3. The second kappa shape index (κ2) is 5.84. The minimum atomic E-state index is -0.364. The Kier molecular flexibility index (Phi) is 4.16. The van der Waals surface area contributed by atoms with Gasteiger partial charge in [-0.3, -0.25) is 4.79 Å². The molecule has 1 aromatic heterocycles. The van der Waals surface area contributed by atoms with Crippen molar-refractivity contribution in [2.45, 2.75) is 25.8 Å². The number of furan rings is 1. The van der Waals surface area contributed by atoms with Crippen LogP contribution in [-0.4, -0.2) is 23.7 Å². The second-order valence-electron chi connectivity index (χ2n) is 4.43. The number of aliphatic hydroxyl groups excluding tert-OH is 1. The van der Waals surface area contributed by atoms with Crippen LogP contribution in [0.25, 0.3) is 11.0 Å². The molecular weight excluding hydrogens is 249 g/mol. The van der Waals surface area contributed by atoms with E-state index < -0.39 is 0 Å². The number of hydrogen-bond donors (Lipinski definition) is 2. The molecule has 2 rings (SSSR count). The van der Waals surface area contributed by atoms with Gasteiger partial charge in [0.1, 0.15) is 11.4 Å². The van der Waals surface area contributed by atoms with Crippen LogP contribution in [0.3, 0.4) is 0 Å². The molecule has 1 amide bonds. The van der Waals surface area contributed by atoms with E-state index in [9.17, 15) is 9.18 Å². The highest BCUT2D eigenvalue weighted by Gasteiger charge is 2.13. The molecule has 1 atom stereocenters. The Balaban J connectivity index is 2.13. The van der Waals surface area contributed by atoms with E-state index in [1.54, 1.807) is 0 Å². The van der Waals surface area contributed by atoms with Crippen LogP contribution in [0.15, 0.2) is 28.9 Å². The molecule has 1 aromatic carbocycles. The molecule has 0 saturated heterocycles.